The van der Waals surface area contributed by atoms with Crippen LogP contribution in [0.2, 0.25) is 0 Å². The van der Waals surface area contributed by atoms with Gasteiger partial charge < -0.3 is 9.80 Å². The average molecular weight is 340 g/mol. The molecule has 0 saturated carbocycles. The maximum atomic E-state index is 13.0. The topological polar surface area (TPSA) is 58.4 Å². The molecule has 2 amide bonds. The van der Waals surface area contributed by atoms with Crippen molar-refractivity contribution in [3.05, 3.63) is 53.3 Å². The Balaban J connectivity index is 0.000000880. The summed E-state index contributed by atoms with van der Waals surface area (Å²) in [5.41, 5.74) is 1.57. The molecule has 0 bridgehead atoms. The van der Waals surface area contributed by atoms with Crippen LogP contribution in [0.5, 0.6) is 0 Å². The fourth-order valence-corrected chi connectivity index (χ4v) is 3.87. The predicted octanol–water partition coefficient (Wildman–Crippen LogP) is 2.39. The first-order valence-electron chi connectivity index (χ1n) is 8.74. The number of rotatable bonds is 1. The first kappa shape index (κ1) is 17.2. The second-order valence-electron chi connectivity index (χ2n) is 6.14. The van der Waals surface area contributed by atoms with Crippen LogP contribution in [0.4, 0.5) is 0 Å². The number of hydrogen-bond donors (Lipinski definition) is 0. The largest absolute Gasteiger partial charge is 0.312 e. The summed E-state index contributed by atoms with van der Waals surface area (Å²) in [7, 11) is 0. The summed E-state index contributed by atoms with van der Waals surface area (Å²) >= 11 is 0. The van der Waals surface area contributed by atoms with E-state index in [2.05, 4.69) is 5.10 Å². The molecule has 2 aliphatic rings. The number of carbonyl (C=O) groups excluding carboxylic acids is 2. The van der Waals surface area contributed by atoms with Gasteiger partial charge in [-0.2, -0.15) is 5.10 Å². The molecule has 2 aromatic rings. The van der Waals surface area contributed by atoms with E-state index in [0.717, 1.165) is 11.3 Å². The molecule has 1 unspecified atom stereocenters. The molecule has 6 heteroatoms. The van der Waals surface area contributed by atoms with Crippen LogP contribution in [0.3, 0.4) is 0 Å². The lowest BCUT2D eigenvalue weighted by Crippen LogP contribution is -2.59. The van der Waals surface area contributed by atoms with Crippen LogP contribution in [0.25, 0.3) is 0 Å². The molecule has 1 fully saturated rings. The molecule has 3 heterocycles. The molecule has 1 aromatic carbocycles. The summed E-state index contributed by atoms with van der Waals surface area (Å²) in [6.45, 7) is 8.98. The quantitative estimate of drug-likeness (QED) is 0.801. The molecular formula is C19H24N4O2. The molecule has 6 nitrogen and oxygen atoms in total. The van der Waals surface area contributed by atoms with Crippen LogP contribution in [-0.2, 0) is 17.0 Å². The summed E-state index contributed by atoms with van der Waals surface area (Å²) in [4.78, 5) is 28.9. The molecule has 0 N–H and O–H groups in total. The first-order valence-corrected chi connectivity index (χ1v) is 8.74. The van der Waals surface area contributed by atoms with Crippen LogP contribution >= 0.6 is 0 Å². The van der Waals surface area contributed by atoms with Crippen LogP contribution in [-0.4, -0.2) is 44.5 Å². The number of hydrogen-bond acceptors (Lipinski definition) is 3. The van der Waals surface area contributed by atoms with Crippen molar-refractivity contribution < 1.29 is 9.59 Å². The summed E-state index contributed by atoms with van der Waals surface area (Å²) in [6, 6.07) is 11.6. The van der Waals surface area contributed by atoms with Gasteiger partial charge in [-0.05, 0) is 13.0 Å². The van der Waals surface area contributed by atoms with Crippen molar-refractivity contribution in [1.82, 2.24) is 19.6 Å². The van der Waals surface area contributed by atoms with E-state index in [0.29, 0.717) is 25.3 Å². The summed E-state index contributed by atoms with van der Waals surface area (Å²) in [5.74, 6) is -0.0964. The second-order valence-corrected chi connectivity index (χ2v) is 6.14. The van der Waals surface area contributed by atoms with E-state index < -0.39 is 5.66 Å². The van der Waals surface area contributed by atoms with E-state index in [9.17, 15) is 9.59 Å². The third-order valence-corrected chi connectivity index (χ3v) is 4.79. The van der Waals surface area contributed by atoms with E-state index in [1.165, 1.54) is 0 Å². The van der Waals surface area contributed by atoms with Crippen LogP contribution in [0, 0.1) is 6.92 Å². The van der Waals surface area contributed by atoms with Crippen molar-refractivity contribution >= 4 is 11.8 Å². The maximum Gasteiger partial charge on any atom is 0.274 e. The standard InChI is InChI=1S/C17H18N4O2.C2H6/c1-12-10-15-16(23)20-9-8-19(13(2)22)17(20,11-21(15)18-12)14-6-4-3-5-7-14;1-2/h3-7,10H,8-9,11H2,1-2H3;1-2H3. The fourth-order valence-electron chi connectivity index (χ4n) is 3.87. The van der Waals surface area contributed by atoms with Gasteiger partial charge in [-0.3, -0.25) is 14.3 Å². The van der Waals surface area contributed by atoms with Gasteiger partial charge in [0.05, 0.1) is 12.2 Å². The van der Waals surface area contributed by atoms with E-state index in [1.807, 2.05) is 62.1 Å². The first-order chi connectivity index (χ1) is 12.0. The Bertz CT molecular complexity index is 799. The van der Waals surface area contributed by atoms with Gasteiger partial charge in [0.1, 0.15) is 5.69 Å². The Morgan fingerprint density at radius 2 is 1.84 bits per heavy atom. The molecule has 0 aliphatic carbocycles. The van der Waals surface area contributed by atoms with Gasteiger partial charge in [0, 0.05) is 25.6 Å². The summed E-state index contributed by atoms with van der Waals surface area (Å²) < 4.78 is 1.74. The lowest BCUT2D eigenvalue weighted by atomic mass is 9.94. The number of benzene rings is 1. The smallest absolute Gasteiger partial charge is 0.274 e. The zero-order valence-corrected chi connectivity index (χ0v) is 15.2. The van der Waals surface area contributed by atoms with Crippen molar-refractivity contribution in [2.24, 2.45) is 0 Å². The van der Waals surface area contributed by atoms with Gasteiger partial charge >= 0.3 is 0 Å². The molecule has 132 valence electrons. The van der Waals surface area contributed by atoms with E-state index >= 15 is 0 Å². The monoisotopic (exact) mass is 340 g/mol. The van der Waals surface area contributed by atoms with Gasteiger partial charge in [-0.15, -0.1) is 0 Å². The van der Waals surface area contributed by atoms with Crippen molar-refractivity contribution in [3.63, 3.8) is 0 Å². The highest BCUT2D eigenvalue weighted by molar-refractivity contribution is 5.95. The van der Waals surface area contributed by atoms with Crippen LogP contribution in [0.15, 0.2) is 36.4 Å². The highest BCUT2D eigenvalue weighted by Crippen LogP contribution is 2.42. The van der Waals surface area contributed by atoms with Gasteiger partial charge in [0.25, 0.3) is 5.91 Å². The molecule has 4 rings (SSSR count). The lowest BCUT2D eigenvalue weighted by Gasteiger charge is -2.46. The summed E-state index contributed by atoms with van der Waals surface area (Å²) in [6.07, 6.45) is 0. The van der Waals surface area contributed by atoms with Crippen molar-refractivity contribution in [1.29, 1.82) is 0 Å². The zero-order valence-electron chi connectivity index (χ0n) is 15.2. The Labute approximate surface area is 148 Å². The van der Waals surface area contributed by atoms with Crippen molar-refractivity contribution in [3.8, 4) is 0 Å². The number of fused-ring (bicyclic) bond motifs is 2. The number of aromatic nitrogens is 2. The normalized spacial score (nSPS) is 21.4. The Morgan fingerprint density at radius 3 is 2.48 bits per heavy atom. The lowest BCUT2D eigenvalue weighted by molar-refractivity contribution is -0.138. The van der Waals surface area contributed by atoms with Crippen molar-refractivity contribution in [2.75, 3.05) is 13.1 Å². The molecule has 0 spiro atoms. The Hall–Kier alpha value is -2.63. The SMILES string of the molecule is CC.CC(=O)N1CCN2C(=O)c3cc(C)nn3CC12c1ccccc1. The number of carbonyl (C=O) groups is 2. The number of nitrogens with zero attached hydrogens (tertiary/aromatic N) is 4. The molecule has 1 saturated heterocycles. The zero-order chi connectivity index (χ0) is 18.2. The van der Waals surface area contributed by atoms with Gasteiger partial charge in [-0.1, -0.05) is 44.2 Å². The minimum Gasteiger partial charge on any atom is -0.312 e. The van der Waals surface area contributed by atoms with Crippen LogP contribution < -0.4 is 0 Å². The van der Waals surface area contributed by atoms with Crippen LogP contribution in [0.1, 0.15) is 42.5 Å². The van der Waals surface area contributed by atoms with Crippen molar-refractivity contribution in [2.45, 2.75) is 39.9 Å². The Morgan fingerprint density at radius 1 is 1.16 bits per heavy atom. The van der Waals surface area contributed by atoms with E-state index in [-0.39, 0.29) is 11.8 Å². The molecular weight excluding hydrogens is 316 g/mol. The molecule has 2 aliphatic heterocycles. The van der Waals surface area contributed by atoms with E-state index in [1.54, 1.807) is 16.5 Å². The molecule has 1 atom stereocenters. The third-order valence-electron chi connectivity index (χ3n) is 4.79. The predicted molar refractivity (Wildman–Crippen MR) is 94.9 cm³/mol. The minimum atomic E-state index is -0.782. The Kier molecular flexibility index (Phi) is 4.37. The highest BCUT2D eigenvalue weighted by Gasteiger charge is 2.55. The second kappa shape index (κ2) is 6.35. The molecule has 0 radical (unpaired) electrons. The van der Waals surface area contributed by atoms with Gasteiger partial charge in [0.15, 0.2) is 5.66 Å². The average Bonchev–Trinajstić information content (AvgIpc) is 3.19. The highest BCUT2D eigenvalue weighted by atomic mass is 16.2. The number of aryl methyl sites for hydroxylation is 1. The fraction of sp³-hybridized carbons (Fsp3) is 0.421. The molecule has 1 aromatic heterocycles. The maximum absolute atomic E-state index is 13.0. The number of amides is 2. The molecule has 25 heavy (non-hydrogen) atoms. The van der Waals surface area contributed by atoms with E-state index in [4.69, 9.17) is 0 Å². The third kappa shape index (κ3) is 2.44. The summed E-state index contributed by atoms with van der Waals surface area (Å²) in [5, 5.41) is 4.46. The van der Waals surface area contributed by atoms with Gasteiger partial charge in [-0.25, -0.2) is 0 Å². The van der Waals surface area contributed by atoms with Gasteiger partial charge in [0.2, 0.25) is 5.91 Å². The minimum absolute atomic E-state index is 0.0310.